The lowest BCUT2D eigenvalue weighted by Crippen LogP contribution is -2.29. The number of thiazole rings is 1. The third-order valence-electron chi connectivity index (χ3n) is 6.54. The molecule has 2 aliphatic heterocycles. The van der Waals surface area contributed by atoms with Crippen LogP contribution >= 0.6 is 11.3 Å². The van der Waals surface area contributed by atoms with Gasteiger partial charge in [-0.3, -0.25) is 14.5 Å². The number of rotatable bonds is 6. The van der Waals surface area contributed by atoms with Crippen molar-refractivity contribution in [1.29, 1.82) is 0 Å². The topological polar surface area (TPSA) is 98.2 Å². The Labute approximate surface area is 228 Å². The molecule has 1 amide bonds. The Balaban J connectivity index is 1.53. The van der Waals surface area contributed by atoms with Crippen LogP contribution in [0.4, 0.5) is 5.13 Å². The second-order valence-corrected chi connectivity index (χ2v) is 10.2. The van der Waals surface area contributed by atoms with Gasteiger partial charge in [-0.25, -0.2) is 4.98 Å². The molecule has 8 nitrogen and oxygen atoms in total. The van der Waals surface area contributed by atoms with Gasteiger partial charge in [0.2, 0.25) is 0 Å². The van der Waals surface area contributed by atoms with Gasteiger partial charge in [0, 0.05) is 5.56 Å². The van der Waals surface area contributed by atoms with Gasteiger partial charge in [-0.1, -0.05) is 42.2 Å². The number of fused-ring (bicyclic) bond motifs is 2. The van der Waals surface area contributed by atoms with Crippen molar-refractivity contribution < 1.29 is 28.9 Å². The molecule has 1 fully saturated rings. The maximum Gasteiger partial charge on any atom is 0.301 e. The van der Waals surface area contributed by atoms with E-state index in [1.165, 1.54) is 16.2 Å². The van der Waals surface area contributed by atoms with E-state index in [4.69, 9.17) is 14.2 Å². The summed E-state index contributed by atoms with van der Waals surface area (Å²) in [5.41, 5.74) is 2.65. The number of aliphatic hydroxyl groups is 1. The number of benzene rings is 3. The van der Waals surface area contributed by atoms with Crippen LogP contribution in [0.2, 0.25) is 0 Å². The Morgan fingerprint density at radius 3 is 2.77 bits per heavy atom. The molecule has 3 aromatic carbocycles. The lowest BCUT2D eigenvalue weighted by molar-refractivity contribution is -0.132. The van der Waals surface area contributed by atoms with Crippen molar-refractivity contribution >= 4 is 44.1 Å². The number of Topliss-reactive ketones (excluding diaryl/α,β-unsaturated/α-hetero) is 1. The number of hydrogen-bond donors (Lipinski definition) is 1. The summed E-state index contributed by atoms with van der Waals surface area (Å²) in [6, 6.07) is 16.9. The van der Waals surface area contributed by atoms with Crippen molar-refractivity contribution in [3.05, 3.63) is 95.6 Å². The summed E-state index contributed by atoms with van der Waals surface area (Å²) in [7, 11) is 0. The number of carbonyl (C=O) groups excluding carboxylic acids is 2. The summed E-state index contributed by atoms with van der Waals surface area (Å²) < 4.78 is 17.9. The number of ketones is 1. The lowest BCUT2D eigenvalue weighted by Gasteiger charge is -2.23. The first-order valence-corrected chi connectivity index (χ1v) is 13.2. The normalized spacial score (nSPS) is 18.0. The molecule has 2 aliphatic rings. The average molecular weight is 541 g/mol. The molecule has 0 radical (unpaired) electrons. The minimum atomic E-state index is -0.938. The van der Waals surface area contributed by atoms with Crippen LogP contribution in [0.5, 0.6) is 17.2 Å². The van der Waals surface area contributed by atoms with Crippen molar-refractivity contribution in [2.45, 2.75) is 13.0 Å². The van der Waals surface area contributed by atoms with E-state index >= 15 is 0 Å². The number of hydrogen-bond acceptors (Lipinski definition) is 8. The molecule has 9 heteroatoms. The molecule has 1 N–H and O–H groups in total. The summed E-state index contributed by atoms with van der Waals surface area (Å²) in [4.78, 5) is 33.2. The Morgan fingerprint density at radius 2 is 1.95 bits per heavy atom. The third kappa shape index (κ3) is 4.40. The van der Waals surface area contributed by atoms with Crippen molar-refractivity contribution in [3.8, 4) is 17.2 Å². The standard InChI is InChI=1S/C30H24N2O6S/c1-3-11-36-20-6-4-5-18(15-20)26-25(27(33)19-8-10-22-23(16-19)38-13-12-37-22)28(34)29(35)32(26)30-31-21-9-7-17(2)14-24(21)39-30/h3-10,14-16,26,33H,1,11-13H2,2H3/b27-25+/t26-/m0/s1. The van der Waals surface area contributed by atoms with Gasteiger partial charge in [0.1, 0.15) is 31.3 Å². The molecule has 1 aromatic heterocycles. The van der Waals surface area contributed by atoms with Crippen LogP contribution in [-0.2, 0) is 9.59 Å². The summed E-state index contributed by atoms with van der Waals surface area (Å²) in [6.07, 6.45) is 1.63. The molecule has 4 aromatic rings. The van der Waals surface area contributed by atoms with Crippen LogP contribution in [0.15, 0.2) is 78.9 Å². The monoisotopic (exact) mass is 540 g/mol. The third-order valence-corrected chi connectivity index (χ3v) is 7.56. The Hall–Kier alpha value is -4.63. The maximum atomic E-state index is 13.6. The maximum absolute atomic E-state index is 13.6. The first kappa shape index (κ1) is 24.7. The van der Waals surface area contributed by atoms with Crippen LogP contribution in [0.1, 0.15) is 22.7 Å². The van der Waals surface area contributed by atoms with Gasteiger partial charge >= 0.3 is 5.91 Å². The predicted octanol–water partition coefficient (Wildman–Crippen LogP) is 5.57. The Bertz CT molecular complexity index is 1670. The number of nitrogens with zero attached hydrogens (tertiary/aromatic N) is 2. The number of carbonyl (C=O) groups is 2. The molecule has 0 unspecified atom stereocenters. The van der Waals surface area contributed by atoms with Crippen LogP contribution < -0.4 is 19.1 Å². The number of aryl methyl sites for hydroxylation is 1. The number of anilines is 1. The SMILES string of the molecule is C=CCOc1cccc([C@H]2/C(=C(\O)c3ccc4c(c3)OCCO4)C(=O)C(=O)N2c2nc3ccc(C)cc3s2)c1. The molecule has 0 aliphatic carbocycles. The van der Waals surface area contributed by atoms with Gasteiger partial charge in [0.05, 0.1) is 21.8 Å². The molecular weight excluding hydrogens is 516 g/mol. The van der Waals surface area contributed by atoms with E-state index in [1.54, 1.807) is 48.5 Å². The van der Waals surface area contributed by atoms with Gasteiger partial charge in [-0.05, 0) is 60.5 Å². The van der Waals surface area contributed by atoms with E-state index in [-0.39, 0.29) is 17.9 Å². The van der Waals surface area contributed by atoms with Gasteiger partial charge in [0.15, 0.2) is 16.6 Å². The first-order valence-electron chi connectivity index (χ1n) is 12.4. The molecule has 0 spiro atoms. The zero-order chi connectivity index (χ0) is 27.1. The second-order valence-electron chi connectivity index (χ2n) is 9.17. The van der Waals surface area contributed by atoms with E-state index in [1.807, 2.05) is 25.1 Å². The Morgan fingerprint density at radius 1 is 1.13 bits per heavy atom. The molecule has 0 bridgehead atoms. The minimum absolute atomic E-state index is 0.0482. The van der Waals surface area contributed by atoms with E-state index in [0.29, 0.717) is 46.7 Å². The van der Waals surface area contributed by atoms with Crippen LogP contribution in [0.3, 0.4) is 0 Å². The van der Waals surface area contributed by atoms with Crippen molar-refractivity contribution in [2.75, 3.05) is 24.7 Å². The Kier molecular flexibility index (Phi) is 6.28. The number of aromatic nitrogens is 1. The van der Waals surface area contributed by atoms with Crippen molar-refractivity contribution in [3.63, 3.8) is 0 Å². The molecule has 39 heavy (non-hydrogen) atoms. The fourth-order valence-corrected chi connectivity index (χ4v) is 5.83. The molecule has 0 saturated carbocycles. The fraction of sp³-hybridized carbons (Fsp3) is 0.167. The number of aliphatic hydroxyl groups excluding tert-OH is 1. The number of ether oxygens (including phenoxy) is 3. The number of amides is 1. The first-order chi connectivity index (χ1) is 18.9. The zero-order valence-electron chi connectivity index (χ0n) is 21.0. The predicted molar refractivity (Wildman–Crippen MR) is 149 cm³/mol. The van der Waals surface area contributed by atoms with Gasteiger partial charge in [-0.2, -0.15) is 0 Å². The van der Waals surface area contributed by atoms with E-state index in [9.17, 15) is 14.7 Å². The highest BCUT2D eigenvalue weighted by Crippen LogP contribution is 2.45. The summed E-state index contributed by atoms with van der Waals surface area (Å²) >= 11 is 1.32. The van der Waals surface area contributed by atoms with Crippen LogP contribution in [-0.4, -0.2) is 41.6 Å². The van der Waals surface area contributed by atoms with Gasteiger partial charge in [-0.15, -0.1) is 0 Å². The second kappa shape index (κ2) is 9.92. The molecule has 1 saturated heterocycles. The highest BCUT2D eigenvalue weighted by atomic mass is 32.1. The van der Waals surface area contributed by atoms with Crippen LogP contribution in [0.25, 0.3) is 16.0 Å². The summed E-state index contributed by atoms with van der Waals surface area (Å²) in [6.45, 7) is 6.75. The highest BCUT2D eigenvalue weighted by molar-refractivity contribution is 7.22. The summed E-state index contributed by atoms with van der Waals surface area (Å²) in [5.74, 6) is -0.346. The van der Waals surface area contributed by atoms with Gasteiger partial charge in [0.25, 0.3) is 5.78 Å². The average Bonchev–Trinajstić information content (AvgIpc) is 3.48. The zero-order valence-corrected chi connectivity index (χ0v) is 21.9. The van der Waals surface area contributed by atoms with Gasteiger partial charge < -0.3 is 19.3 Å². The van der Waals surface area contributed by atoms with E-state index < -0.39 is 17.7 Å². The molecular formula is C30H24N2O6S. The van der Waals surface area contributed by atoms with Crippen molar-refractivity contribution in [2.24, 2.45) is 0 Å². The van der Waals surface area contributed by atoms with Crippen molar-refractivity contribution in [1.82, 2.24) is 4.98 Å². The lowest BCUT2D eigenvalue weighted by atomic mass is 9.95. The van der Waals surface area contributed by atoms with E-state index in [2.05, 4.69) is 11.6 Å². The highest BCUT2D eigenvalue weighted by Gasteiger charge is 2.48. The minimum Gasteiger partial charge on any atom is -0.507 e. The van der Waals surface area contributed by atoms with E-state index in [0.717, 1.165) is 15.8 Å². The summed E-state index contributed by atoms with van der Waals surface area (Å²) in [5, 5.41) is 11.9. The molecule has 6 rings (SSSR count). The largest absolute Gasteiger partial charge is 0.507 e. The molecule has 196 valence electrons. The fourth-order valence-electron chi connectivity index (χ4n) is 4.74. The molecule has 1 atom stereocenters. The smallest absolute Gasteiger partial charge is 0.301 e. The molecule has 3 heterocycles. The quantitative estimate of drug-likeness (QED) is 0.148. The van der Waals surface area contributed by atoms with Crippen LogP contribution in [0, 0.1) is 6.92 Å².